The molecule has 0 aliphatic heterocycles. The fourth-order valence-corrected chi connectivity index (χ4v) is 2.28. The van der Waals surface area contributed by atoms with Gasteiger partial charge in [-0.25, -0.2) is 0 Å². The van der Waals surface area contributed by atoms with Gasteiger partial charge in [0.15, 0.2) is 0 Å². The zero-order valence-corrected chi connectivity index (χ0v) is 14.4. The van der Waals surface area contributed by atoms with Crippen LogP contribution in [0.25, 0.3) is 0 Å². The molecule has 0 fully saturated rings. The number of hydrogen-bond acceptors (Lipinski definition) is 4. The molecule has 0 bridgehead atoms. The summed E-state index contributed by atoms with van der Waals surface area (Å²) in [5, 5.41) is 6.67. The van der Waals surface area contributed by atoms with E-state index < -0.39 is 11.8 Å². The minimum absolute atomic E-state index is 0.00444. The maximum absolute atomic E-state index is 12.0. The van der Waals surface area contributed by atoms with E-state index in [1.54, 1.807) is 12.1 Å². The van der Waals surface area contributed by atoms with Crippen molar-refractivity contribution in [1.29, 1.82) is 0 Å². The largest absolute Gasteiger partial charge is 0.343 e. The number of rotatable bonds is 5. The van der Waals surface area contributed by atoms with Gasteiger partial charge in [0.1, 0.15) is 6.54 Å². The molecule has 0 atom stereocenters. The van der Waals surface area contributed by atoms with Gasteiger partial charge in [0.05, 0.1) is 12.2 Å². The summed E-state index contributed by atoms with van der Waals surface area (Å²) in [6.45, 7) is 5.24. The predicted octanol–water partition coefficient (Wildman–Crippen LogP) is 0.386. The lowest BCUT2D eigenvalue weighted by molar-refractivity contribution is -0.128. The second kappa shape index (κ2) is 8.09. The molecular formula is C17H21N5O3. The van der Waals surface area contributed by atoms with Crippen LogP contribution in [0.3, 0.4) is 0 Å². The highest BCUT2D eigenvalue weighted by atomic mass is 16.2. The minimum atomic E-state index is -0.524. The Morgan fingerprint density at radius 3 is 2.36 bits per heavy atom. The highest BCUT2D eigenvalue weighted by Gasteiger charge is 2.11. The van der Waals surface area contributed by atoms with Crippen LogP contribution >= 0.6 is 0 Å². The first-order chi connectivity index (χ1) is 11.9. The lowest BCUT2D eigenvalue weighted by Gasteiger charge is -2.10. The second-order valence-electron chi connectivity index (χ2n) is 5.68. The monoisotopic (exact) mass is 343 g/mol. The van der Waals surface area contributed by atoms with Crippen molar-refractivity contribution in [1.82, 2.24) is 25.9 Å². The lowest BCUT2D eigenvalue weighted by Crippen LogP contribution is -2.47. The summed E-state index contributed by atoms with van der Waals surface area (Å²) in [4.78, 5) is 35.5. The SMILES string of the molecule is Cc1cc(C)n(CC(=O)NNC(=O)CNC(=O)c2ccccc2C)n1. The molecule has 0 aliphatic carbocycles. The molecule has 8 nitrogen and oxygen atoms in total. The highest BCUT2D eigenvalue weighted by Crippen LogP contribution is 2.06. The van der Waals surface area contributed by atoms with E-state index in [2.05, 4.69) is 21.3 Å². The van der Waals surface area contributed by atoms with Gasteiger partial charge in [-0.05, 0) is 38.5 Å². The Labute approximate surface area is 145 Å². The molecule has 0 saturated carbocycles. The summed E-state index contributed by atoms with van der Waals surface area (Å²) in [7, 11) is 0. The molecule has 2 aromatic rings. The maximum atomic E-state index is 12.0. The quantitative estimate of drug-likeness (QED) is 0.683. The summed E-state index contributed by atoms with van der Waals surface area (Å²) < 4.78 is 1.54. The number of carbonyl (C=O) groups excluding carboxylic acids is 3. The molecule has 3 N–H and O–H groups in total. The van der Waals surface area contributed by atoms with Crippen molar-refractivity contribution in [3.8, 4) is 0 Å². The van der Waals surface area contributed by atoms with Crippen LogP contribution in [0.5, 0.6) is 0 Å². The molecule has 0 radical (unpaired) electrons. The molecule has 132 valence electrons. The number of carbonyl (C=O) groups is 3. The number of nitrogens with one attached hydrogen (secondary N) is 3. The second-order valence-corrected chi connectivity index (χ2v) is 5.68. The number of nitrogens with zero attached hydrogens (tertiary/aromatic N) is 2. The van der Waals surface area contributed by atoms with Gasteiger partial charge in [0.2, 0.25) is 0 Å². The molecule has 25 heavy (non-hydrogen) atoms. The van der Waals surface area contributed by atoms with Gasteiger partial charge in [0, 0.05) is 11.3 Å². The molecule has 0 aliphatic rings. The maximum Gasteiger partial charge on any atom is 0.260 e. The first-order valence-corrected chi connectivity index (χ1v) is 7.79. The molecule has 1 aromatic carbocycles. The molecule has 0 spiro atoms. The van der Waals surface area contributed by atoms with Crippen LogP contribution in [0.2, 0.25) is 0 Å². The van der Waals surface area contributed by atoms with Crippen LogP contribution in [0, 0.1) is 20.8 Å². The average molecular weight is 343 g/mol. The minimum Gasteiger partial charge on any atom is -0.343 e. The van der Waals surface area contributed by atoms with Crippen molar-refractivity contribution in [2.24, 2.45) is 0 Å². The van der Waals surface area contributed by atoms with Crippen molar-refractivity contribution >= 4 is 17.7 Å². The van der Waals surface area contributed by atoms with Crippen molar-refractivity contribution < 1.29 is 14.4 Å². The summed E-state index contributed by atoms with van der Waals surface area (Å²) in [6.07, 6.45) is 0. The topological polar surface area (TPSA) is 105 Å². The van der Waals surface area contributed by atoms with Gasteiger partial charge in [-0.3, -0.25) is 29.9 Å². The normalized spacial score (nSPS) is 10.2. The van der Waals surface area contributed by atoms with E-state index in [0.717, 1.165) is 17.0 Å². The number of amides is 3. The van der Waals surface area contributed by atoms with Crippen molar-refractivity contribution in [3.05, 3.63) is 52.8 Å². The van der Waals surface area contributed by atoms with E-state index in [1.165, 1.54) is 4.68 Å². The fraction of sp³-hybridized carbons (Fsp3) is 0.294. The van der Waals surface area contributed by atoms with Gasteiger partial charge >= 0.3 is 0 Å². The predicted molar refractivity (Wildman–Crippen MR) is 91.5 cm³/mol. The highest BCUT2D eigenvalue weighted by molar-refractivity contribution is 5.97. The van der Waals surface area contributed by atoms with Gasteiger partial charge in [-0.15, -0.1) is 0 Å². The third-order valence-electron chi connectivity index (χ3n) is 3.54. The standard InChI is InChI=1S/C17H21N5O3/c1-11-6-4-5-7-14(11)17(25)18-9-15(23)19-20-16(24)10-22-13(3)8-12(2)21-22/h4-8H,9-10H2,1-3H3,(H,18,25)(H,19,23)(H,20,24). The fourth-order valence-electron chi connectivity index (χ4n) is 2.28. The van der Waals surface area contributed by atoms with Crippen molar-refractivity contribution in [2.75, 3.05) is 6.54 Å². The molecule has 3 amide bonds. The number of benzene rings is 1. The van der Waals surface area contributed by atoms with Crippen molar-refractivity contribution in [3.63, 3.8) is 0 Å². The van der Waals surface area contributed by atoms with E-state index >= 15 is 0 Å². The summed E-state index contributed by atoms with van der Waals surface area (Å²) >= 11 is 0. The third kappa shape index (κ3) is 5.17. The summed E-state index contributed by atoms with van der Waals surface area (Å²) in [5.41, 5.74) is 7.53. The molecule has 0 saturated heterocycles. The van der Waals surface area contributed by atoms with Crippen LogP contribution in [-0.2, 0) is 16.1 Å². The van der Waals surface area contributed by atoms with Crippen LogP contribution in [-0.4, -0.2) is 34.0 Å². The Morgan fingerprint density at radius 2 is 1.72 bits per heavy atom. The molecule has 2 rings (SSSR count). The van der Waals surface area contributed by atoms with E-state index in [1.807, 2.05) is 39.0 Å². The van der Waals surface area contributed by atoms with E-state index in [0.29, 0.717) is 5.56 Å². The number of hydrogen-bond donors (Lipinski definition) is 3. The lowest BCUT2D eigenvalue weighted by atomic mass is 10.1. The van der Waals surface area contributed by atoms with Gasteiger partial charge < -0.3 is 5.32 Å². The number of aryl methyl sites for hydroxylation is 3. The third-order valence-corrected chi connectivity index (χ3v) is 3.54. The first kappa shape index (κ1) is 18.2. The Balaban J connectivity index is 1.75. The van der Waals surface area contributed by atoms with Crippen LogP contribution in [0.15, 0.2) is 30.3 Å². The van der Waals surface area contributed by atoms with Gasteiger partial charge in [-0.2, -0.15) is 5.10 Å². The zero-order valence-electron chi connectivity index (χ0n) is 14.4. The van der Waals surface area contributed by atoms with E-state index in [-0.39, 0.29) is 19.0 Å². The van der Waals surface area contributed by atoms with E-state index in [9.17, 15) is 14.4 Å². The van der Waals surface area contributed by atoms with Gasteiger partial charge in [0.25, 0.3) is 17.7 Å². The Kier molecular flexibility index (Phi) is 5.89. The molecule has 1 heterocycles. The number of aromatic nitrogens is 2. The van der Waals surface area contributed by atoms with E-state index in [4.69, 9.17) is 0 Å². The molecule has 8 heteroatoms. The summed E-state index contributed by atoms with van der Waals surface area (Å²) in [6, 6.07) is 8.93. The van der Waals surface area contributed by atoms with Crippen LogP contribution in [0.4, 0.5) is 0 Å². The van der Waals surface area contributed by atoms with Crippen molar-refractivity contribution in [2.45, 2.75) is 27.3 Å². The zero-order chi connectivity index (χ0) is 18.4. The average Bonchev–Trinajstić information content (AvgIpc) is 2.88. The number of hydrazine groups is 1. The molecule has 0 unspecified atom stereocenters. The molecule has 1 aromatic heterocycles. The summed E-state index contributed by atoms with van der Waals surface area (Å²) in [5.74, 6) is -1.28. The molecular weight excluding hydrogens is 322 g/mol. The Hall–Kier alpha value is -3.16. The van der Waals surface area contributed by atoms with Crippen LogP contribution < -0.4 is 16.2 Å². The first-order valence-electron chi connectivity index (χ1n) is 7.79. The Morgan fingerprint density at radius 1 is 1.04 bits per heavy atom. The Bertz CT molecular complexity index is 797. The smallest absolute Gasteiger partial charge is 0.260 e. The van der Waals surface area contributed by atoms with Gasteiger partial charge in [-0.1, -0.05) is 18.2 Å². The van der Waals surface area contributed by atoms with Crippen LogP contribution in [0.1, 0.15) is 27.3 Å².